The van der Waals surface area contributed by atoms with Gasteiger partial charge in [-0.15, -0.1) is 0 Å². The van der Waals surface area contributed by atoms with Crippen LogP contribution in [0.4, 0.5) is 5.82 Å². The molecule has 0 saturated carbocycles. The Morgan fingerprint density at radius 2 is 2.00 bits per heavy atom. The van der Waals surface area contributed by atoms with Crippen molar-refractivity contribution < 1.29 is 14.2 Å². The molecule has 1 heterocycles. The highest BCUT2D eigenvalue weighted by Gasteiger charge is 2.03. The number of hydrogen-bond acceptors (Lipinski definition) is 6. The standard InChI is InChI=1S/C13H23N3O3/c1-3-5-12-15-11(14)10-13(16-12)19-9-8-18-7-4-6-17-2/h10H,3-9H2,1-2H3,(H2,14,15,16). The van der Waals surface area contributed by atoms with Gasteiger partial charge in [-0.05, 0) is 12.8 Å². The molecule has 0 aliphatic rings. The fraction of sp³-hybridized carbons (Fsp3) is 0.692. The summed E-state index contributed by atoms with van der Waals surface area (Å²) in [5.74, 6) is 1.67. The Hall–Kier alpha value is -1.40. The zero-order valence-electron chi connectivity index (χ0n) is 11.7. The molecule has 0 fully saturated rings. The Bertz CT molecular complexity index is 361. The first-order valence-corrected chi connectivity index (χ1v) is 6.59. The van der Waals surface area contributed by atoms with E-state index >= 15 is 0 Å². The molecule has 6 heteroatoms. The number of methoxy groups -OCH3 is 1. The van der Waals surface area contributed by atoms with Gasteiger partial charge < -0.3 is 19.9 Å². The lowest BCUT2D eigenvalue weighted by atomic mass is 10.3. The van der Waals surface area contributed by atoms with Crippen molar-refractivity contribution in [1.82, 2.24) is 9.97 Å². The minimum Gasteiger partial charge on any atom is -0.475 e. The fourth-order valence-corrected chi connectivity index (χ4v) is 1.51. The topological polar surface area (TPSA) is 79.5 Å². The summed E-state index contributed by atoms with van der Waals surface area (Å²) < 4.78 is 15.8. The lowest BCUT2D eigenvalue weighted by Crippen LogP contribution is -2.10. The van der Waals surface area contributed by atoms with E-state index in [-0.39, 0.29) is 0 Å². The minimum absolute atomic E-state index is 0.439. The third kappa shape index (κ3) is 6.93. The Morgan fingerprint density at radius 3 is 2.74 bits per heavy atom. The molecule has 1 aromatic heterocycles. The number of aryl methyl sites for hydroxylation is 1. The van der Waals surface area contributed by atoms with Crippen LogP contribution in [0.15, 0.2) is 6.07 Å². The maximum Gasteiger partial charge on any atom is 0.218 e. The molecule has 0 atom stereocenters. The zero-order chi connectivity index (χ0) is 13.9. The van der Waals surface area contributed by atoms with Crippen molar-refractivity contribution in [3.63, 3.8) is 0 Å². The molecule has 108 valence electrons. The van der Waals surface area contributed by atoms with Gasteiger partial charge in [-0.3, -0.25) is 0 Å². The van der Waals surface area contributed by atoms with Crippen LogP contribution < -0.4 is 10.5 Å². The highest BCUT2D eigenvalue weighted by molar-refractivity contribution is 5.32. The van der Waals surface area contributed by atoms with Gasteiger partial charge in [0.15, 0.2) is 0 Å². The van der Waals surface area contributed by atoms with Crippen LogP contribution in [0.2, 0.25) is 0 Å². The van der Waals surface area contributed by atoms with E-state index in [0.717, 1.165) is 25.1 Å². The normalized spacial score (nSPS) is 10.6. The van der Waals surface area contributed by atoms with E-state index < -0.39 is 0 Å². The molecular weight excluding hydrogens is 246 g/mol. The van der Waals surface area contributed by atoms with E-state index in [1.54, 1.807) is 13.2 Å². The van der Waals surface area contributed by atoms with Gasteiger partial charge in [0.05, 0.1) is 6.61 Å². The second-order valence-corrected chi connectivity index (χ2v) is 4.10. The molecule has 19 heavy (non-hydrogen) atoms. The quantitative estimate of drug-likeness (QED) is 0.647. The lowest BCUT2D eigenvalue weighted by Gasteiger charge is -2.08. The first-order chi connectivity index (χ1) is 9.26. The van der Waals surface area contributed by atoms with E-state index in [4.69, 9.17) is 19.9 Å². The molecule has 0 aliphatic heterocycles. The van der Waals surface area contributed by atoms with Crippen LogP contribution >= 0.6 is 0 Å². The molecule has 2 N–H and O–H groups in total. The van der Waals surface area contributed by atoms with Crippen LogP contribution in [0, 0.1) is 0 Å². The van der Waals surface area contributed by atoms with Crippen molar-refractivity contribution in [3.8, 4) is 5.88 Å². The summed E-state index contributed by atoms with van der Waals surface area (Å²) in [5, 5.41) is 0. The molecular formula is C13H23N3O3. The van der Waals surface area contributed by atoms with E-state index in [1.807, 2.05) is 0 Å². The summed E-state index contributed by atoms with van der Waals surface area (Å²) in [6.07, 6.45) is 2.66. The van der Waals surface area contributed by atoms with E-state index in [2.05, 4.69) is 16.9 Å². The average Bonchev–Trinajstić information content (AvgIpc) is 2.37. The summed E-state index contributed by atoms with van der Waals surface area (Å²) in [5.41, 5.74) is 5.70. The van der Waals surface area contributed by atoms with Crippen LogP contribution in [0.3, 0.4) is 0 Å². The number of nitrogens with zero attached hydrogens (tertiary/aromatic N) is 2. The fourth-order valence-electron chi connectivity index (χ4n) is 1.51. The van der Waals surface area contributed by atoms with Crippen molar-refractivity contribution in [3.05, 3.63) is 11.9 Å². The van der Waals surface area contributed by atoms with Gasteiger partial charge in [-0.1, -0.05) is 6.92 Å². The molecule has 0 unspecified atom stereocenters. The van der Waals surface area contributed by atoms with Crippen molar-refractivity contribution in [1.29, 1.82) is 0 Å². The van der Waals surface area contributed by atoms with Gasteiger partial charge in [-0.2, -0.15) is 4.98 Å². The highest BCUT2D eigenvalue weighted by Crippen LogP contribution is 2.11. The molecule has 0 spiro atoms. The van der Waals surface area contributed by atoms with Crippen molar-refractivity contribution in [2.75, 3.05) is 39.3 Å². The Kier molecular flexibility index (Phi) is 7.84. The van der Waals surface area contributed by atoms with Crippen LogP contribution in [-0.2, 0) is 15.9 Å². The van der Waals surface area contributed by atoms with Crippen molar-refractivity contribution in [2.24, 2.45) is 0 Å². The van der Waals surface area contributed by atoms with E-state index in [1.165, 1.54) is 0 Å². The molecule has 0 saturated heterocycles. The Labute approximate surface area is 114 Å². The predicted molar refractivity (Wildman–Crippen MR) is 73.2 cm³/mol. The SMILES string of the molecule is CCCc1nc(N)cc(OCCOCCCOC)n1. The monoisotopic (exact) mass is 269 g/mol. The van der Waals surface area contributed by atoms with E-state index in [0.29, 0.717) is 38.1 Å². The van der Waals surface area contributed by atoms with Crippen molar-refractivity contribution >= 4 is 5.82 Å². The number of nitrogen functional groups attached to an aromatic ring is 1. The highest BCUT2D eigenvalue weighted by atomic mass is 16.5. The van der Waals surface area contributed by atoms with Crippen LogP contribution in [-0.4, -0.2) is 43.5 Å². The summed E-state index contributed by atoms with van der Waals surface area (Å²) in [6, 6.07) is 1.63. The second kappa shape index (κ2) is 9.52. The van der Waals surface area contributed by atoms with Gasteiger partial charge in [0.2, 0.25) is 5.88 Å². The number of hydrogen-bond donors (Lipinski definition) is 1. The maximum atomic E-state index is 5.70. The van der Waals surface area contributed by atoms with Gasteiger partial charge in [0.25, 0.3) is 0 Å². The molecule has 1 rings (SSSR count). The molecule has 1 aromatic rings. The Balaban J connectivity index is 2.25. The number of nitrogens with two attached hydrogens (primary N) is 1. The maximum absolute atomic E-state index is 5.70. The molecule has 0 bridgehead atoms. The summed E-state index contributed by atoms with van der Waals surface area (Å²) in [6.45, 7) is 4.43. The van der Waals surface area contributed by atoms with Gasteiger partial charge in [-0.25, -0.2) is 4.98 Å². The average molecular weight is 269 g/mol. The first kappa shape index (κ1) is 15.7. The van der Waals surface area contributed by atoms with Crippen LogP contribution in [0.25, 0.3) is 0 Å². The largest absolute Gasteiger partial charge is 0.475 e. The first-order valence-electron chi connectivity index (χ1n) is 6.59. The Morgan fingerprint density at radius 1 is 1.16 bits per heavy atom. The van der Waals surface area contributed by atoms with Crippen LogP contribution in [0.5, 0.6) is 5.88 Å². The zero-order valence-corrected chi connectivity index (χ0v) is 11.7. The second-order valence-electron chi connectivity index (χ2n) is 4.10. The van der Waals surface area contributed by atoms with Crippen LogP contribution in [0.1, 0.15) is 25.6 Å². The summed E-state index contributed by atoms with van der Waals surface area (Å²) in [4.78, 5) is 8.42. The molecule has 0 aliphatic carbocycles. The van der Waals surface area contributed by atoms with Gasteiger partial charge in [0, 0.05) is 32.8 Å². The predicted octanol–water partition coefficient (Wildman–Crippen LogP) is 1.44. The smallest absolute Gasteiger partial charge is 0.218 e. The third-order valence-corrected chi connectivity index (χ3v) is 2.36. The molecule has 0 amide bonds. The third-order valence-electron chi connectivity index (χ3n) is 2.36. The number of anilines is 1. The van der Waals surface area contributed by atoms with E-state index in [9.17, 15) is 0 Å². The minimum atomic E-state index is 0.439. The molecule has 0 aromatic carbocycles. The number of ether oxygens (including phenoxy) is 3. The molecule has 6 nitrogen and oxygen atoms in total. The summed E-state index contributed by atoms with van der Waals surface area (Å²) >= 11 is 0. The number of aromatic nitrogens is 2. The van der Waals surface area contributed by atoms with Gasteiger partial charge in [0.1, 0.15) is 18.2 Å². The summed E-state index contributed by atoms with van der Waals surface area (Å²) in [7, 11) is 1.68. The lowest BCUT2D eigenvalue weighted by molar-refractivity contribution is 0.0795. The number of rotatable bonds is 10. The molecule has 0 radical (unpaired) electrons. The van der Waals surface area contributed by atoms with Crippen molar-refractivity contribution in [2.45, 2.75) is 26.2 Å². The van der Waals surface area contributed by atoms with Gasteiger partial charge >= 0.3 is 0 Å².